The number of aromatic nitrogens is 1. The Labute approximate surface area is 154 Å². The molecule has 0 aliphatic heterocycles. The van der Waals surface area contributed by atoms with E-state index in [1.165, 1.54) is 22.8 Å². The number of anilines is 1. The molecule has 0 radical (unpaired) electrons. The molecule has 0 unspecified atom stereocenters. The zero-order chi connectivity index (χ0) is 19.4. The van der Waals surface area contributed by atoms with Crippen LogP contribution in [0.4, 0.5) is 11.4 Å². The fourth-order valence-electron chi connectivity index (χ4n) is 3.01. The van der Waals surface area contributed by atoms with Gasteiger partial charge in [-0.25, -0.2) is 4.79 Å². The van der Waals surface area contributed by atoms with Crippen LogP contribution in [0.2, 0.25) is 0 Å². The number of para-hydroxylation sites is 1. The molecule has 0 aliphatic carbocycles. The van der Waals surface area contributed by atoms with E-state index in [4.69, 9.17) is 4.42 Å². The largest absolute Gasteiger partial charge is 0.419 e. The fraction of sp³-hybridized carbons (Fsp3) is 0.263. The van der Waals surface area contributed by atoms with Crippen LogP contribution in [0.1, 0.15) is 19.8 Å². The molecule has 0 saturated heterocycles. The van der Waals surface area contributed by atoms with E-state index in [0.717, 1.165) is 5.69 Å². The summed E-state index contributed by atoms with van der Waals surface area (Å²) >= 11 is 0. The topological polar surface area (TPSA) is 98.6 Å². The molecule has 3 aromatic rings. The maximum Gasteiger partial charge on any atom is 0.419 e. The van der Waals surface area contributed by atoms with Crippen molar-refractivity contribution < 1.29 is 14.1 Å². The minimum atomic E-state index is -0.589. The summed E-state index contributed by atoms with van der Waals surface area (Å²) in [6, 6.07) is 13.4. The van der Waals surface area contributed by atoms with Crippen LogP contribution in [0.15, 0.2) is 57.7 Å². The van der Waals surface area contributed by atoms with Crippen molar-refractivity contribution in [3.05, 3.63) is 69.2 Å². The zero-order valence-electron chi connectivity index (χ0n) is 14.8. The van der Waals surface area contributed by atoms with Gasteiger partial charge in [0.05, 0.1) is 16.5 Å². The van der Waals surface area contributed by atoms with Crippen molar-refractivity contribution >= 4 is 28.4 Å². The minimum Gasteiger partial charge on any atom is -0.407 e. The number of hydrogen-bond donors (Lipinski definition) is 0. The second kappa shape index (κ2) is 7.86. The van der Waals surface area contributed by atoms with Gasteiger partial charge in [0.25, 0.3) is 5.69 Å². The molecule has 2 aromatic carbocycles. The summed E-state index contributed by atoms with van der Waals surface area (Å²) in [6.45, 7) is 2.76. The molecule has 140 valence electrons. The summed E-state index contributed by atoms with van der Waals surface area (Å²) in [4.78, 5) is 36.5. The van der Waals surface area contributed by atoms with Crippen molar-refractivity contribution in [2.45, 2.75) is 26.3 Å². The van der Waals surface area contributed by atoms with Gasteiger partial charge in [-0.05, 0) is 31.5 Å². The Morgan fingerprint density at radius 3 is 2.63 bits per heavy atom. The molecule has 3 rings (SSSR count). The first-order valence-corrected chi connectivity index (χ1v) is 8.64. The molecule has 1 amide bonds. The molecule has 1 heterocycles. The molecule has 0 spiro atoms. The third kappa shape index (κ3) is 3.89. The number of rotatable bonds is 7. The number of benzene rings is 2. The predicted molar refractivity (Wildman–Crippen MR) is 101 cm³/mol. The Morgan fingerprint density at radius 1 is 1.22 bits per heavy atom. The number of non-ortho nitro benzene ring substituents is 1. The molecule has 0 atom stereocenters. The number of nitro benzene ring substituents is 1. The lowest BCUT2D eigenvalue weighted by molar-refractivity contribution is -0.384. The van der Waals surface area contributed by atoms with Gasteiger partial charge in [-0.15, -0.1) is 0 Å². The summed E-state index contributed by atoms with van der Waals surface area (Å²) in [6.07, 6.45) is 0.725. The lowest BCUT2D eigenvalue weighted by Crippen LogP contribution is -2.30. The van der Waals surface area contributed by atoms with Gasteiger partial charge < -0.3 is 9.32 Å². The molecule has 27 heavy (non-hydrogen) atoms. The van der Waals surface area contributed by atoms with E-state index in [1.54, 1.807) is 4.90 Å². The van der Waals surface area contributed by atoms with Gasteiger partial charge in [0.15, 0.2) is 5.58 Å². The number of nitrogens with zero attached hydrogens (tertiary/aromatic N) is 3. The van der Waals surface area contributed by atoms with Crippen molar-refractivity contribution in [2.75, 3.05) is 11.4 Å². The number of aryl methyl sites for hydroxylation is 1. The van der Waals surface area contributed by atoms with Gasteiger partial charge in [-0.1, -0.05) is 18.2 Å². The van der Waals surface area contributed by atoms with Gasteiger partial charge in [0, 0.05) is 31.3 Å². The first-order valence-electron chi connectivity index (χ1n) is 8.64. The van der Waals surface area contributed by atoms with Crippen LogP contribution < -0.4 is 10.7 Å². The number of hydrogen-bond acceptors (Lipinski definition) is 5. The van der Waals surface area contributed by atoms with Crippen molar-refractivity contribution in [3.63, 3.8) is 0 Å². The number of carbonyl (C=O) groups excluding carboxylic acids is 1. The molecule has 0 bridgehead atoms. The molecule has 8 heteroatoms. The summed E-state index contributed by atoms with van der Waals surface area (Å²) in [7, 11) is 0. The van der Waals surface area contributed by atoms with Crippen molar-refractivity contribution in [3.8, 4) is 0 Å². The van der Waals surface area contributed by atoms with Crippen LogP contribution in [0.25, 0.3) is 11.1 Å². The standard InChI is InChI=1S/C19H19N3O5/c1-2-20(14-7-4-3-5-8-14)18(23)9-6-12-21-16-11-10-15(22(25)26)13-17(16)27-19(21)24/h3-5,7-8,10-11,13H,2,6,9,12H2,1H3. The van der Waals surface area contributed by atoms with E-state index in [2.05, 4.69) is 0 Å². The molecular weight excluding hydrogens is 350 g/mol. The summed E-state index contributed by atoms with van der Waals surface area (Å²) in [5, 5.41) is 10.8. The Bertz CT molecular complexity index is 1020. The average molecular weight is 369 g/mol. The molecule has 0 aliphatic rings. The SMILES string of the molecule is CCN(C(=O)CCCn1c(=O)oc2cc([N+](=O)[O-])ccc21)c1ccccc1. The fourth-order valence-corrected chi connectivity index (χ4v) is 3.01. The van der Waals surface area contributed by atoms with Crippen LogP contribution >= 0.6 is 0 Å². The number of carbonyl (C=O) groups is 1. The highest BCUT2D eigenvalue weighted by Crippen LogP contribution is 2.20. The molecular formula is C19H19N3O5. The number of fused-ring (bicyclic) bond motifs is 1. The van der Waals surface area contributed by atoms with Crippen LogP contribution in [0.3, 0.4) is 0 Å². The Morgan fingerprint density at radius 2 is 1.96 bits per heavy atom. The third-order valence-corrected chi connectivity index (χ3v) is 4.32. The first kappa shape index (κ1) is 18.4. The van der Waals surface area contributed by atoms with Gasteiger partial charge in [-0.3, -0.25) is 19.5 Å². The Hall–Kier alpha value is -3.42. The highest BCUT2D eigenvalue weighted by molar-refractivity contribution is 5.93. The molecule has 8 nitrogen and oxygen atoms in total. The average Bonchev–Trinajstić information content (AvgIpc) is 2.98. The van der Waals surface area contributed by atoms with E-state index in [1.807, 2.05) is 37.3 Å². The maximum absolute atomic E-state index is 12.5. The summed E-state index contributed by atoms with van der Waals surface area (Å²) in [5.74, 6) is -0.617. The number of nitro groups is 1. The van der Waals surface area contributed by atoms with E-state index in [-0.39, 0.29) is 23.6 Å². The summed E-state index contributed by atoms with van der Waals surface area (Å²) < 4.78 is 6.49. The van der Waals surface area contributed by atoms with Crippen molar-refractivity contribution in [1.29, 1.82) is 0 Å². The zero-order valence-corrected chi connectivity index (χ0v) is 14.8. The highest BCUT2D eigenvalue weighted by Gasteiger charge is 2.16. The summed E-state index contributed by atoms with van der Waals surface area (Å²) in [5.41, 5.74) is 1.34. The second-order valence-corrected chi connectivity index (χ2v) is 6.01. The molecule has 0 fully saturated rings. The monoisotopic (exact) mass is 369 g/mol. The molecule has 1 aromatic heterocycles. The first-order chi connectivity index (χ1) is 13.0. The van der Waals surface area contributed by atoms with Crippen LogP contribution in [0, 0.1) is 10.1 Å². The quantitative estimate of drug-likeness (QED) is 0.470. The second-order valence-electron chi connectivity index (χ2n) is 6.01. The Balaban J connectivity index is 1.70. The smallest absolute Gasteiger partial charge is 0.407 e. The van der Waals surface area contributed by atoms with Crippen LogP contribution in [0.5, 0.6) is 0 Å². The van der Waals surface area contributed by atoms with Gasteiger partial charge in [0.1, 0.15) is 0 Å². The van der Waals surface area contributed by atoms with Crippen LogP contribution in [-0.2, 0) is 11.3 Å². The van der Waals surface area contributed by atoms with E-state index < -0.39 is 10.7 Å². The van der Waals surface area contributed by atoms with E-state index in [9.17, 15) is 19.7 Å². The number of amides is 1. The maximum atomic E-state index is 12.5. The third-order valence-electron chi connectivity index (χ3n) is 4.32. The van der Waals surface area contributed by atoms with E-state index in [0.29, 0.717) is 25.0 Å². The van der Waals surface area contributed by atoms with Gasteiger partial charge in [0.2, 0.25) is 5.91 Å². The number of oxazole rings is 1. The van der Waals surface area contributed by atoms with Gasteiger partial charge in [-0.2, -0.15) is 0 Å². The highest BCUT2D eigenvalue weighted by atomic mass is 16.6. The molecule has 0 saturated carbocycles. The van der Waals surface area contributed by atoms with E-state index >= 15 is 0 Å². The minimum absolute atomic E-state index is 0.0276. The lowest BCUT2D eigenvalue weighted by atomic mass is 10.2. The Kier molecular flexibility index (Phi) is 5.35. The molecule has 0 N–H and O–H groups in total. The van der Waals surface area contributed by atoms with Crippen molar-refractivity contribution in [2.24, 2.45) is 0 Å². The normalized spacial score (nSPS) is 10.9. The van der Waals surface area contributed by atoms with Gasteiger partial charge >= 0.3 is 5.76 Å². The lowest BCUT2D eigenvalue weighted by Gasteiger charge is -2.21. The van der Waals surface area contributed by atoms with Crippen LogP contribution in [-0.4, -0.2) is 21.9 Å². The predicted octanol–water partition coefficient (Wildman–Crippen LogP) is 3.34. The van der Waals surface area contributed by atoms with Crippen molar-refractivity contribution in [1.82, 2.24) is 4.57 Å².